The molecule has 0 radical (unpaired) electrons. The van der Waals surface area contributed by atoms with Crippen molar-refractivity contribution < 1.29 is 5.11 Å². The smallest absolute Gasteiger partial charge is 0.0649 e. The monoisotopic (exact) mass is 273 g/mol. The third kappa shape index (κ3) is 3.02. The fourth-order valence-electron chi connectivity index (χ4n) is 2.64. The van der Waals surface area contributed by atoms with Gasteiger partial charge in [0.05, 0.1) is 11.7 Å². The molecule has 1 aromatic heterocycles. The highest BCUT2D eigenvalue weighted by Crippen LogP contribution is 2.24. The Kier molecular flexibility index (Phi) is 4.45. The van der Waals surface area contributed by atoms with Crippen LogP contribution in [-0.4, -0.2) is 21.5 Å². The minimum atomic E-state index is 0.192. The summed E-state index contributed by atoms with van der Waals surface area (Å²) in [6.45, 7) is 6.48. The van der Waals surface area contributed by atoms with E-state index in [9.17, 15) is 0 Å². The van der Waals surface area contributed by atoms with Crippen LogP contribution in [0.4, 0.5) is 5.69 Å². The van der Waals surface area contributed by atoms with E-state index in [2.05, 4.69) is 36.4 Å². The SMILES string of the molecule is Cc1nn(C)c(C)c1C(C)Nc1ccc(CCO)cc1. The molecule has 0 aliphatic rings. The summed E-state index contributed by atoms with van der Waals surface area (Å²) in [6, 6.07) is 8.43. The van der Waals surface area contributed by atoms with Crippen molar-refractivity contribution in [3.63, 3.8) is 0 Å². The van der Waals surface area contributed by atoms with Crippen LogP contribution in [0.15, 0.2) is 24.3 Å². The zero-order chi connectivity index (χ0) is 14.7. The predicted octanol–water partition coefficient (Wildman–Crippen LogP) is 2.74. The number of aryl methyl sites for hydroxylation is 2. The van der Waals surface area contributed by atoms with E-state index in [0.29, 0.717) is 6.42 Å². The van der Waals surface area contributed by atoms with Crippen LogP contribution in [-0.2, 0) is 13.5 Å². The quantitative estimate of drug-likeness (QED) is 0.880. The van der Waals surface area contributed by atoms with Crippen molar-refractivity contribution in [2.45, 2.75) is 33.2 Å². The van der Waals surface area contributed by atoms with E-state index >= 15 is 0 Å². The van der Waals surface area contributed by atoms with Gasteiger partial charge in [-0.05, 0) is 44.9 Å². The van der Waals surface area contributed by atoms with Gasteiger partial charge < -0.3 is 10.4 Å². The molecule has 1 atom stereocenters. The lowest BCUT2D eigenvalue weighted by molar-refractivity contribution is 0.299. The van der Waals surface area contributed by atoms with Gasteiger partial charge >= 0.3 is 0 Å². The van der Waals surface area contributed by atoms with Crippen LogP contribution in [0.1, 0.15) is 35.5 Å². The number of hydrogen-bond donors (Lipinski definition) is 2. The summed E-state index contributed by atoms with van der Waals surface area (Å²) in [4.78, 5) is 0. The Morgan fingerprint density at radius 3 is 2.40 bits per heavy atom. The molecule has 4 nitrogen and oxygen atoms in total. The van der Waals surface area contributed by atoms with Gasteiger partial charge in [-0.1, -0.05) is 12.1 Å². The van der Waals surface area contributed by atoms with Crippen molar-refractivity contribution in [3.8, 4) is 0 Å². The highest BCUT2D eigenvalue weighted by atomic mass is 16.2. The van der Waals surface area contributed by atoms with E-state index in [1.54, 1.807) is 0 Å². The molecule has 2 rings (SSSR count). The highest BCUT2D eigenvalue weighted by molar-refractivity contribution is 5.47. The summed E-state index contributed by atoms with van der Waals surface area (Å²) >= 11 is 0. The molecule has 108 valence electrons. The maximum Gasteiger partial charge on any atom is 0.0649 e. The van der Waals surface area contributed by atoms with E-state index in [0.717, 1.165) is 16.9 Å². The highest BCUT2D eigenvalue weighted by Gasteiger charge is 2.15. The molecule has 4 heteroatoms. The molecule has 0 spiro atoms. The minimum Gasteiger partial charge on any atom is -0.396 e. The van der Waals surface area contributed by atoms with Crippen LogP contribution in [0, 0.1) is 13.8 Å². The summed E-state index contributed by atoms with van der Waals surface area (Å²) in [5, 5.41) is 16.9. The van der Waals surface area contributed by atoms with Crippen molar-refractivity contribution in [2.24, 2.45) is 7.05 Å². The first-order valence-corrected chi connectivity index (χ1v) is 6.99. The Morgan fingerprint density at radius 2 is 1.90 bits per heavy atom. The molecule has 2 N–H and O–H groups in total. The summed E-state index contributed by atoms with van der Waals surface area (Å²) < 4.78 is 1.92. The second-order valence-corrected chi connectivity index (χ2v) is 5.24. The van der Waals surface area contributed by atoms with Gasteiger partial charge in [-0.25, -0.2) is 0 Å². The van der Waals surface area contributed by atoms with Crippen molar-refractivity contribution >= 4 is 5.69 Å². The fraction of sp³-hybridized carbons (Fsp3) is 0.438. The topological polar surface area (TPSA) is 50.1 Å². The van der Waals surface area contributed by atoms with E-state index in [1.807, 2.05) is 30.8 Å². The van der Waals surface area contributed by atoms with E-state index in [4.69, 9.17) is 5.11 Å². The second kappa shape index (κ2) is 6.09. The molecule has 20 heavy (non-hydrogen) atoms. The molecule has 1 unspecified atom stereocenters. The Bertz CT molecular complexity index is 572. The molecule has 1 aromatic carbocycles. The van der Waals surface area contributed by atoms with Crippen LogP contribution in [0.3, 0.4) is 0 Å². The first-order chi connectivity index (χ1) is 9.52. The van der Waals surface area contributed by atoms with Crippen molar-refractivity contribution in [1.29, 1.82) is 0 Å². The summed E-state index contributed by atoms with van der Waals surface area (Å²) in [6.07, 6.45) is 0.705. The molecular formula is C16H23N3O. The number of hydrogen-bond acceptors (Lipinski definition) is 3. The number of aliphatic hydroxyl groups excluding tert-OH is 1. The van der Waals surface area contributed by atoms with Crippen LogP contribution >= 0.6 is 0 Å². The van der Waals surface area contributed by atoms with Gasteiger partial charge in [0, 0.05) is 30.6 Å². The number of anilines is 1. The Labute approximate surface area is 120 Å². The zero-order valence-corrected chi connectivity index (χ0v) is 12.6. The number of aromatic nitrogens is 2. The van der Waals surface area contributed by atoms with Gasteiger partial charge in [0.25, 0.3) is 0 Å². The molecule has 0 bridgehead atoms. The predicted molar refractivity (Wildman–Crippen MR) is 82.0 cm³/mol. The molecule has 0 aliphatic heterocycles. The molecule has 0 aliphatic carbocycles. The zero-order valence-electron chi connectivity index (χ0n) is 12.6. The normalized spacial score (nSPS) is 12.4. The Morgan fingerprint density at radius 1 is 1.25 bits per heavy atom. The van der Waals surface area contributed by atoms with Crippen molar-refractivity contribution in [2.75, 3.05) is 11.9 Å². The standard InChI is InChI=1S/C16H23N3O/c1-11(16-12(2)18-19(4)13(16)3)17-15-7-5-14(6-8-15)9-10-20/h5-8,11,17,20H,9-10H2,1-4H3. The number of rotatable bonds is 5. The van der Waals surface area contributed by atoms with Gasteiger partial charge in [-0.3, -0.25) is 4.68 Å². The fourth-order valence-corrected chi connectivity index (χ4v) is 2.64. The number of nitrogens with one attached hydrogen (secondary N) is 1. The lowest BCUT2D eigenvalue weighted by atomic mass is 10.1. The third-order valence-electron chi connectivity index (χ3n) is 3.74. The second-order valence-electron chi connectivity index (χ2n) is 5.24. The lowest BCUT2D eigenvalue weighted by Gasteiger charge is -2.16. The van der Waals surface area contributed by atoms with E-state index < -0.39 is 0 Å². The molecule has 0 saturated heterocycles. The Balaban J connectivity index is 2.12. The van der Waals surface area contributed by atoms with Gasteiger partial charge in [-0.2, -0.15) is 5.10 Å². The third-order valence-corrected chi connectivity index (χ3v) is 3.74. The maximum absolute atomic E-state index is 8.92. The van der Waals surface area contributed by atoms with Crippen LogP contribution in [0.25, 0.3) is 0 Å². The minimum absolute atomic E-state index is 0.192. The van der Waals surface area contributed by atoms with Gasteiger partial charge in [-0.15, -0.1) is 0 Å². The molecule has 0 fully saturated rings. The largest absolute Gasteiger partial charge is 0.396 e. The lowest BCUT2D eigenvalue weighted by Crippen LogP contribution is -2.09. The van der Waals surface area contributed by atoms with Crippen LogP contribution in [0.2, 0.25) is 0 Å². The average molecular weight is 273 g/mol. The average Bonchev–Trinajstić information content (AvgIpc) is 2.66. The van der Waals surface area contributed by atoms with Crippen molar-refractivity contribution in [1.82, 2.24) is 9.78 Å². The summed E-state index contributed by atoms with van der Waals surface area (Å²) in [7, 11) is 1.97. The Hall–Kier alpha value is -1.81. The molecule has 2 aromatic rings. The van der Waals surface area contributed by atoms with Crippen LogP contribution < -0.4 is 5.32 Å². The first-order valence-electron chi connectivity index (χ1n) is 6.99. The summed E-state index contributed by atoms with van der Waals surface area (Å²) in [5.41, 5.74) is 5.76. The van der Waals surface area contributed by atoms with Crippen molar-refractivity contribution in [3.05, 3.63) is 46.8 Å². The van der Waals surface area contributed by atoms with E-state index in [1.165, 1.54) is 11.3 Å². The molecular weight excluding hydrogens is 250 g/mol. The van der Waals surface area contributed by atoms with E-state index in [-0.39, 0.29) is 12.6 Å². The number of aliphatic hydroxyl groups is 1. The van der Waals surface area contributed by atoms with Gasteiger partial charge in [0.2, 0.25) is 0 Å². The number of nitrogens with zero attached hydrogens (tertiary/aromatic N) is 2. The first kappa shape index (κ1) is 14.6. The summed E-state index contributed by atoms with van der Waals surface area (Å²) in [5.74, 6) is 0. The number of benzene rings is 1. The maximum atomic E-state index is 8.92. The molecule has 0 saturated carbocycles. The van der Waals surface area contributed by atoms with Gasteiger partial charge in [0.15, 0.2) is 0 Å². The van der Waals surface area contributed by atoms with Crippen LogP contribution in [0.5, 0.6) is 0 Å². The molecule has 1 heterocycles. The molecule has 0 amide bonds. The van der Waals surface area contributed by atoms with Gasteiger partial charge in [0.1, 0.15) is 0 Å².